The summed E-state index contributed by atoms with van der Waals surface area (Å²) in [6.45, 7) is 1.42. The van der Waals surface area contributed by atoms with Gasteiger partial charge in [0, 0.05) is 36.5 Å². The number of aromatic amines is 1. The van der Waals surface area contributed by atoms with Gasteiger partial charge in [0.25, 0.3) is 0 Å². The molecule has 0 unspecified atom stereocenters. The molecule has 4 rings (SSSR count). The second-order valence-corrected chi connectivity index (χ2v) is 14.4. The quantitative estimate of drug-likeness (QED) is 0.0261. The number of nitrogens with zero attached hydrogens (tertiary/aromatic N) is 1. The molecule has 0 aliphatic heterocycles. The maximum Gasteiger partial charge on any atom is 0.243 e. The number of carbonyl (C=O) groups is 4. The lowest BCUT2D eigenvalue weighted by atomic mass is 10.0. The Labute approximate surface area is 338 Å². The number of carbonyl (C=O) groups excluding carboxylic acids is 4. The highest BCUT2D eigenvalue weighted by molar-refractivity contribution is 5.95. The molecule has 3 aromatic carbocycles. The molecule has 0 aliphatic rings. The van der Waals surface area contributed by atoms with Gasteiger partial charge in [-0.15, -0.1) is 0 Å². The number of hydrogen-bond donors (Lipinski definition) is 11. The Morgan fingerprint density at radius 2 is 1.21 bits per heavy atom. The summed E-state index contributed by atoms with van der Waals surface area (Å²) < 4.78 is 0. The molecule has 0 radical (unpaired) electrons. The number of rotatable bonds is 25. The van der Waals surface area contributed by atoms with Gasteiger partial charge in [-0.3, -0.25) is 24.2 Å². The van der Waals surface area contributed by atoms with Crippen LogP contribution in [0.4, 0.5) is 0 Å². The van der Waals surface area contributed by atoms with Crippen LogP contribution in [0.2, 0.25) is 0 Å². The highest BCUT2D eigenvalue weighted by atomic mass is 16.3. The fourth-order valence-electron chi connectivity index (χ4n) is 6.60. The van der Waals surface area contributed by atoms with Crippen LogP contribution in [0.15, 0.2) is 84.0 Å². The third-order valence-corrected chi connectivity index (χ3v) is 9.81. The van der Waals surface area contributed by atoms with Crippen molar-refractivity contribution in [3.8, 4) is 11.5 Å². The third-order valence-electron chi connectivity index (χ3n) is 9.81. The number of unbranched alkanes of at least 4 members (excludes halogenated alkanes) is 4. The molecule has 0 saturated carbocycles. The van der Waals surface area contributed by atoms with Gasteiger partial charge in [-0.05, 0) is 98.6 Å². The van der Waals surface area contributed by atoms with Gasteiger partial charge in [-0.2, -0.15) is 0 Å². The number of H-pyrrole nitrogens is 1. The molecule has 0 saturated heterocycles. The summed E-state index contributed by atoms with van der Waals surface area (Å²) in [5.41, 5.74) is 25.4. The minimum atomic E-state index is -1.14. The van der Waals surface area contributed by atoms with Crippen molar-refractivity contribution in [2.75, 3.05) is 19.6 Å². The van der Waals surface area contributed by atoms with Crippen LogP contribution >= 0.6 is 0 Å². The Hall–Kier alpha value is -6.13. The minimum absolute atomic E-state index is 0.0384. The Kier molecular flexibility index (Phi) is 17.8. The number of aromatic hydroxyl groups is 2. The van der Waals surface area contributed by atoms with Crippen LogP contribution in [0.1, 0.15) is 61.6 Å². The smallest absolute Gasteiger partial charge is 0.243 e. The molecule has 0 bridgehead atoms. The Morgan fingerprint density at radius 1 is 0.638 bits per heavy atom. The number of guanidine groups is 1. The summed E-state index contributed by atoms with van der Waals surface area (Å²) in [4.78, 5) is 62.0. The fourth-order valence-corrected chi connectivity index (χ4v) is 6.60. The standard InChI is InChI=1S/C42H58N10O6/c43-20-6-5-11-34(39(56)51-35(38(44)55)25-29-26-49-33-10-4-3-9-32(29)33)50-41(58)37(24-28-14-18-31(54)19-15-28)52-40(57)36(23-27-12-16-30(53)17-13-27)47-21-7-1-2-8-22-48-42(45)46/h3-4,9-10,12-19,26,34-37,47,49,53-54H,1-2,5-8,11,20-25,43H2,(H2,44,55)(H,50,58)(H,51,56)(H,52,57)(H4,45,46,48)/t34-,35-,36+,37-/m0/s1. The average molecular weight is 799 g/mol. The van der Waals surface area contributed by atoms with E-state index >= 15 is 0 Å². The summed E-state index contributed by atoms with van der Waals surface area (Å²) in [6.07, 6.45) is 6.86. The topological polar surface area (TPSA) is 289 Å². The van der Waals surface area contributed by atoms with Gasteiger partial charge < -0.3 is 59.4 Å². The molecular weight excluding hydrogens is 741 g/mol. The molecule has 0 spiro atoms. The maximum absolute atomic E-state index is 14.2. The van der Waals surface area contributed by atoms with Crippen molar-refractivity contribution >= 4 is 40.5 Å². The molecule has 4 atom stereocenters. The first-order valence-electron chi connectivity index (χ1n) is 19.7. The number of aliphatic imine (C=N–C) groups is 1. The first-order chi connectivity index (χ1) is 27.9. The van der Waals surface area contributed by atoms with Crippen molar-refractivity contribution in [3.05, 3.63) is 95.7 Å². The molecule has 16 heteroatoms. The van der Waals surface area contributed by atoms with Gasteiger partial charge >= 0.3 is 0 Å². The van der Waals surface area contributed by atoms with E-state index in [2.05, 4.69) is 31.2 Å². The second kappa shape index (κ2) is 23.2. The third kappa shape index (κ3) is 14.7. The van der Waals surface area contributed by atoms with Crippen LogP contribution in [-0.2, 0) is 38.4 Å². The van der Waals surface area contributed by atoms with Crippen LogP contribution < -0.4 is 44.2 Å². The molecular formula is C42H58N10O6. The van der Waals surface area contributed by atoms with E-state index in [1.165, 1.54) is 12.1 Å². The number of phenolic OH excluding ortho intramolecular Hbond substituents is 2. The van der Waals surface area contributed by atoms with E-state index in [1.807, 2.05) is 24.3 Å². The number of hydrogen-bond acceptors (Lipinski definition) is 9. The molecule has 15 N–H and O–H groups in total. The van der Waals surface area contributed by atoms with Gasteiger partial charge in [0.15, 0.2) is 5.96 Å². The van der Waals surface area contributed by atoms with Gasteiger partial charge in [-0.25, -0.2) is 0 Å². The first-order valence-corrected chi connectivity index (χ1v) is 19.7. The number of para-hydroxylation sites is 1. The van der Waals surface area contributed by atoms with Crippen LogP contribution in [0.25, 0.3) is 10.9 Å². The van der Waals surface area contributed by atoms with Gasteiger partial charge in [0.1, 0.15) is 29.6 Å². The number of phenols is 2. The lowest BCUT2D eigenvalue weighted by Gasteiger charge is -2.26. The Bertz CT molecular complexity index is 1950. The number of benzene rings is 3. The van der Waals surface area contributed by atoms with Crippen LogP contribution in [-0.4, -0.2) is 88.6 Å². The number of nitrogens with one attached hydrogen (secondary N) is 5. The molecule has 4 aromatic rings. The highest BCUT2D eigenvalue weighted by Crippen LogP contribution is 2.20. The number of aromatic nitrogens is 1. The summed E-state index contributed by atoms with van der Waals surface area (Å²) >= 11 is 0. The molecule has 0 fully saturated rings. The summed E-state index contributed by atoms with van der Waals surface area (Å²) in [7, 11) is 0. The van der Waals surface area contributed by atoms with Crippen LogP contribution in [0, 0.1) is 0 Å². The maximum atomic E-state index is 14.2. The molecule has 16 nitrogen and oxygen atoms in total. The van der Waals surface area contributed by atoms with Crippen LogP contribution in [0.5, 0.6) is 11.5 Å². The molecule has 312 valence electrons. The lowest BCUT2D eigenvalue weighted by molar-refractivity contribution is -0.133. The van der Waals surface area contributed by atoms with E-state index in [9.17, 15) is 29.4 Å². The van der Waals surface area contributed by atoms with Crippen molar-refractivity contribution in [1.29, 1.82) is 0 Å². The summed E-state index contributed by atoms with van der Waals surface area (Å²) in [5, 5.41) is 32.5. The highest BCUT2D eigenvalue weighted by Gasteiger charge is 2.31. The molecule has 1 heterocycles. The van der Waals surface area contributed by atoms with Crippen molar-refractivity contribution in [1.82, 2.24) is 26.3 Å². The van der Waals surface area contributed by atoms with E-state index in [0.29, 0.717) is 38.0 Å². The zero-order valence-corrected chi connectivity index (χ0v) is 32.8. The number of amides is 4. The van der Waals surface area contributed by atoms with E-state index in [1.54, 1.807) is 42.6 Å². The molecule has 4 amide bonds. The lowest BCUT2D eigenvalue weighted by Crippen LogP contribution is -2.58. The van der Waals surface area contributed by atoms with Crippen molar-refractivity contribution in [2.45, 2.75) is 88.4 Å². The van der Waals surface area contributed by atoms with E-state index in [4.69, 9.17) is 22.9 Å². The van der Waals surface area contributed by atoms with E-state index in [0.717, 1.165) is 47.7 Å². The zero-order chi connectivity index (χ0) is 41.9. The van der Waals surface area contributed by atoms with Gasteiger partial charge in [0.2, 0.25) is 23.6 Å². The van der Waals surface area contributed by atoms with Crippen molar-refractivity contribution < 1.29 is 29.4 Å². The predicted molar refractivity (Wildman–Crippen MR) is 224 cm³/mol. The average Bonchev–Trinajstić information content (AvgIpc) is 3.61. The van der Waals surface area contributed by atoms with E-state index in [-0.39, 0.29) is 43.1 Å². The van der Waals surface area contributed by atoms with Crippen molar-refractivity contribution in [3.63, 3.8) is 0 Å². The zero-order valence-electron chi connectivity index (χ0n) is 32.8. The SMILES string of the molecule is NCCCC[C@H](NC(=O)[C@H](Cc1ccc(O)cc1)NC(=O)[C@@H](Cc1ccc(O)cc1)NCCCCCCN=C(N)N)C(=O)N[C@@H](Cc1c[nH]c2ccccc12)C(N)=O. The Balaban J connectivity index is 1.52. The molecule has 58 heavy (non-hydrogen) atoms. The number of fused-ring (bicyclic) bond motifs is 1. The number of primary amides is 1. The fraction of sp³-hybridized carbons (Fsp3) is 0.405. The monoisotopic (exact) mass is 798 g/mol. The minimum Gasteiger partial charge on any atom is -0.508 e. The number of nitrogens with two attached hydrogens (primary N) is 4. The summed E-state index contributed by atoms with van der Waals surface area (Å²) in [6, 6.07) is 16.3. The van der Waals surface area contributed by atoms with Crippen LogP contribution in [0.3, 0.4) is 0 Å². The normalized spacial score (nSPS) is 13.2. The predicted octanol–water partition coefficient (Wildman–Crippen LogP) is 1.47. The first kappa shape index (κ1) is 44.6. The Morgan fingerprint density at radius 3 is 1.84 bits per heavy atom. The molecule has 0 aliphatic carbocycles. The van der Waals surface area contributed by atoms with E-state index < -0.39 is 47.8 Å². The van der Waals surface area contributed by atoms with Crippen molar-refractivity contribution in [2.24, 2.45) is 27.9 Å². The van der Waals surface area contributed by atoms with Gasteiger partial charge in [-0.1, -0.05) is 55.3 Å². The van der Waals surface area contributed by atoms with Gasteiger partial charge in [0.05, 0.1) is 6.04 Å². The second-order valence-electron chi connectivity index (χ2n) is 14.4. The summed E-state index contributed by atoms with van der Waals surface area (Å²) in [5.74, 6) is -2.22. The molecule has 1 aromatic heterocycles. The largest absolute Gasteiger partial charge is 0.508 e.